The summed E-state index contributed by atoms with van der Waals surface area (Å²) in [6.45, 7) is -0.0167. The maximum Gasteiger partial charge on any atom is 0.269 e. The van der Waals surface area contributed by atoms with Gasteiger partial charge in [-0.25, -0.2) is 0 Å². The molecule has 2 aromatic rings. The van der Waals surface area contributed by atoms with Crippen LogP contribution in [0.5, 0.6) is 17.2 Å². The number of non-ortho nitro benzene ring substituents is 1. The molecule has 0 bridgehead atoms. The van der Waals surface area contributed by atoms with Gasteiger partial charge in [-0.05, 0) is 23.8 Å². The maximum absolute atomic E-state index is 11.6. The average Bonchev–Trinajstić information content (AvgIpc) is 2.50. The number of phenols is 1. The number of benzene rings is 2. The lowest BCUT2D eigenvalue weighted by atomic mass is 10.1. The Labute approximate surface area is 126 Å². The molecule has 22 heavy (non-hydrogen) atoms. The van der Waals surface area contributed by atoms with E-state index in [1.807, 2.05) is 0 Å². The minimum Gasteiger partial charge on any atom is -0.872 e. The van der Waals surface area contributed by atoms with Crippen LogP contribution >= 0.6 is 0 Å². The summed E-state index contributed by atoms with van der Waals surface area (Å²) in [7, 11) is 1.50. The monoisotopic (exact) mass is 301 g/mol. The molecule has 0 aliphatic rings. The van der Waals surface area contributed by atoms with Crippen molar-refractivity contribution in [1.82, 2.24) is 0 Å². The van der Waals surface area contributed by atoms with E-state index >= 15 is 0 Å². The summed E-state index contributed by atoms with van der Waals surface area (Å²) in [5.41, 5.74) is 0.485. The minimum atomic E-state index is -0.569. The van der Waals surface area contributed by atoms with Crippen molar-refractivity contribution in [2.45, 2.75) is 6.54 Å². The van der Waals surface area contributed by atoms with Crippen molar-refractivity contribution in [1.29, 1.82) is 0 Å². The molecule has 0 aromatic heterocycles. The summed E-state index contributed by atoms with van der Waals surface area (Å²) in [5.74, 6) is 0.252. The van der Waals surface area contributed by atoms with E-state index in [4.69, 9.17) is 4.74 Å². The molecule has 0 unspecified atom stereocenters. The number of phenolic OH excluding ortho intramolecular Hbond substituents is 1. The zero-order valence-corrected chi connectivity index (χ0v) is 11.7. The number of hydrogen-bond donors (Lipinski definition) is 1. The fourth-order valence-electron chi connectivity index (χ4n) is 1.81. The van der Waals surface area contributed by atoms with Crippen molar-refractivity contribution in [2.24, 2.45) is 4.99 Å². The number of nitrogens with zero attached hydrogens (tertiary/aromatic N) is 2. The molecule has 0 spiro atoms. The van der Waals surface area contributed by atoms with Gasteiger partial charge in [0.05, 0.1) is 18.6 Å². The van der Waals surface area contributed by atoms with E-state index in [1.54, 1.807) is 12.1 Å². The highest BCUT2D eigenvalue weighted by molar-refractivity contribution is 5.84. The van der Waals surface area contributed by atoms with Gasteiger partial charge in [0, 0.05) is 23.9 Å². The van der Waals surface area contributed by atoms with Gasteiger partial charge in [-0.1, -0.05) is 6.07 Å². The second-order valence-electron chi connectivity index (χ2n) is 4.44. The molecule has 0 aliphatic heterocycles. The van der Waals surface area contributed by atoms with Crippen molar-refractivity contribution in [3.63, 3.8) is 0 Å². The number of nitro groups is 1. The van der Waals surface area contributed by atoms with Crippen LogP contribution in [0, 0.1) is 10.1 Å². The van der Waals surface area contributed by atoms with Crippen LogP contribution < -0.4 is 9.84 Å². The zero-order chi connectivity index (χ0) is 16.1. The number of hydrogen-bond acceptors (Lipinski definition) is 6. The highest BCUT2D eigenvalue weighted by Crippen LogP contribution is 2.23. The molecule has 0 aliphatic carbocycles. The first-order chi connectivity index (χ1) is 10.5. The molecular formula is C15H13N2O5-. The van der Waals surface area contributed by atoms with Crippen LogP contribution in [-0.4, -0.2) is 23.4 Å². The molecule has 0 saturated heterocycles. The number of aromatic hydroxyl groups is 1. The molecule has 0 radical (unpaired) electrons. The Kier molecular flexibility index (Phi) is 4.57. The van der Waals surface area contributed by atoms with Crippen LogP contribution in [0.1, 0.15) is 11.1 Å². The summed E-state index contributed by atoms with van der Waals surface area (Å²) in [6.07, 6.45) is 1.39. The highest BCUT2D eigenvalue weighted by atomic mass is 16.6. The fraction of sp³-hybridized carbons (Fsp3) is 0.133. The van der Waals surface area contributed by atoms with E-state index in [9.17, 15) is 20.3 Å². The third-order valence-corrected chi connectivity index (χ3v) is 2.98. The molecule has 0 saturated carbocycles. The Morgan fingerprint density at radius 3 is 2.77 bits per heavy atom. The van der Waals surface area contributed by atoms with E-state index < -0.39 is 4.92 Å². The van der Waals surface area contributed by atoms with Crippen LogP contribution in [0.15, 0.2) is 41.4 Å². The van der Waals surface area contributed by atoms with Gasteiger partial charge in [0.15, 0.2) is 0 Å². The predicted octanol–water partition coefficient (Wildman–Crippen LogP) is 2.00. The summed E-state index contributed by atoms with van der Waals surface area (Å²) in [6, 6.07) is 8.15. The smallest absolute Gasteiger partial charge is 0.269 e. The molecule has 2 aromatic carbocycles. The van der Waals surface area contributed by atoms with Gasteiger partial charge in [-0.2, -0.15) is 0 Å². The SMILES string of the molecule is COc1ccc(O)c(C=NCc2cc([N+](=O)[O-])ccc2[O-])c1. The lowest BCUT2D eigenvalue weighted by Crippen LogP contribution is -1.98. The molecule has 0 amide bonds. The quantitative estimate of drug-likeness (QED) is 0.516. The van der Waals surface area contributed by atoms with Crippen molar-refractivity contribution < 1.29 is 19.9 Å². The van der Waals surface area contributed by atoms with Gasteiger partial charge in [0.2, 0.25) is 0 Å². The van der Waals surface area contributed by atoms with Gasteiger partial charge in [-0.15, -0.1) is 5.75 Å². The Bertz CT molecular complexity index is 728. The Balaban J connectivity index is 2.19. The summed E-state index contributed by atoms with van der Waals surface area (Å²) in [5, 5.41) is 32.0. The van der Waals surface area contributed by atoms with E-state index in [2.05, 4.69) is 4.99 Å². The number of aliphatic imine (C=N–C) groups is 1. The lowest BCUT2D eigenvalue weighted by molar-refractivity contribution is -0.385. The van der Waals surface area contributed by atoms with Gasteiger partial charge >= 0.3 is 0 Å². The molecule has 0 heterocycles. The molecule has 0 atom stereocenters. The lowest BCUT2D eigenvalue weighted by Gasteiger charge is -2.10. The maximum atomic E-state index is 11.6. The van der Waals surface area contributed by atoms with E-state index in [0.717, 1.165) is 12.1 Å². The number of ether oxygens (including phenoxy) is 1. The molecule has 7 nitrogen and oxygen atoms in total. The van der Waals surface area contributed by atoms with Gasteiger partial charge < -0.3 is 14.9 Å². The van der Waals surface area contributed by atoms with Crippen molar-refractivity contribution in [3.8, 4) is 17.2 Å². The zero-order valence-electron chi connectivity index (χ0n) is 11.7. The standard InChI is InChI=1S/C15H14N2O5/c1-22-13-3-5-15(19)11(7-13)9-16-8-10-6-12(17(20)21)2-4-14(10)18/h2-7,9,18-19H,8H2,1H3/p-1. The molecule has 114 valence electrons. The summed E-state index contributed by atoms with van der Waals surface area (Å²) in [4.78, 5) is 14.2. The Morgan fingerprint density at radius 1 is 1.32 bits per heavy atom. The molecular weight excluding hydrogens is 288 g/mol. The number of rotatable bonds is 5. The topological polar surface area (TPSA) is 108 Å². The second kappa shape index (κ2) is 6.57. The van der Waals surface area contributed by atoms with Crippen LogP contribution in [0.2, 0.25) is 0 Å². The molecule has 1 N–H and O–H groups in total. The fourth-order valence-corrected chi connectivity index (χ4v) is 1.81. The average molecular weight is 301 g/mol. The van der Waals surface area contributed by atoms with Crippen molar-refractivity contribution in [2.75, 3.05) is 7.11 Å². The summed E-state index contributed by atoms with van der Waals surface area (Å²) < 4.78 is 5.04. The van der Waals surface area contributed by atoms with E-state index in [0.29, 0.717) is 11.3 Å². The van der Waals surface area contributed by atoms with Crippen LogP contribution in [0.25, 0.3) is 0 Å². The first-order valence-corrected chi connectivity index (χ1v) is 6.32. The van der Waals surface area contributed by atoms with Gasteiger partial charge in [-0.3, -0.25) is 15.1 Å². The third kappa shape index (κ3) is 3.51. The normalized spacial score (nSPS) is 10.8. The van der Waals surface area contributed by atoms with Crippen LogP contribution in [-0.2, 0) is 6.54 Å². The second-order valence-corrected chi connectivity index (χ2v) is 4.44. The first-order valence-electron chi connectivity index (χ1n) is 6.32. The van der Waals surface area contributed by atoms with Gasteiger partial charge in [0.25, 0.3) is 5.69 Å². The third-order valence-electron chi connectivity index (χ3n) is 2.98. The van der Waals surface area contributed by atoms with E-state index in [-0.39, 0.29) is 29.3 Å². The molecule has 2 rings (SSSR count). The number of nitro benzene ring substituents is 1. The molecule has 0 fully saturated rings. The highest BCUT2D eigenvalue weighted by Gasteiger charge is 2.06. The summed E-state index contributed by atoms with van der Waals surface area (Å²) >= 11 is 0. The van der Waals surface area contributed by atoms with Crippen LogP contribution in [0.4, 0.5) is 5.69 Å². The number of methoxy groups -OCH3 is 1. The van der Waals surface area contributed by atoms with Crippen molar-refractivity contribution in [3.05, 3.63) is 57.6 Å². The van der Waals surface area contributed by atoms with Crippen molar-refractivity contribution >= 4 is 11.9 Å². The minimum absolute atomic E-state index is 0.0167. The largest absolute Gasteiger partial charge is 0.872 e. The van der Waals surface area contributed by atoms with Crippen LogP contribution in [0.3, 0.4) is 0 Å². The Morgan fingerprint density at radius 2 is 2.09 bits per heavy atom. The predicted molar refractivity (Wildman–Crippen MR) is 78.5 cm³/mol. The molecule has 7 heteroatoms. The van der Waals surface area contributed by atoms with Gasteiger partial charge in [0.1, 0.15) is 11.5 Å². The first kappa shape index (κ1) is 15.3. The van der Waals surface area contributed by atoms with E-state index in [1.165, 1.54) is 25.5 Å². The Hall–Kier alpha value is -3.09.